The van der Waals surface area contributed by atoms with Crippen LogP contribution in [-0.4, -0.2) is 9.97 Å². The fraction of sp³-hybridized carbons (Fsp3) is 0. The molecule has 11 aromatic rings. The molecule has 0 amide bonds. The molecule has 0 spiro atoms. The summed E-state index contributed by atoms with van der Waals surface area (Å²) in [4.78, 5) is 9.74. The quantitative estimate of drug-likeness (QED) is 0.175. The second-order valence-corrected chi connectivity index (χ2v) is 15.0. The summed E-state index contributed by atoms with van der Waals surface area (Å²) in [6.07, 6.45) is 1.73. The van der Waals surface area contributed by atoms with Crippen LogP contribution in [0.2, 0.25) is 0 Å². The zero-order chi connectivity index (χ0) is 32.8. The normalized spacial score (nSPS) is 12.0. The van der Waals surface area contributed by atoms with Crippen LogP contribution in [0.3, 0.4) is 0 Å². The molecule has 0 aliphatic carbocycles. The van der Waals surface area contributed by atoms with Crippen LogP contribution in [0.15, 0.2) is 158 Å². The fourth-order valence-corrected chi connectivity index (χ4v) is 10.2. The second kappa shape index (κ2) is 10.8. The molecule has 0 atom stereocenters. The van der Waals surface area contributed by atoms with Gasteiger partial charge < -0.3 is 0 Å². The van der Waals surface area contributed by atoms with Gasteiger partial charge in [-0.05, 0) is 84.9 Å². The molecular weight excluding hydrogens is 645 g/mol. The van der Waals surface area contributed by atoms with Crippen LogP contribution in [-0.2, 0) is 0 Å². The zero-order valence-corrected chi connectivity index (χ0v) is 28.4. The van der Waals surface area contributed by atoms with Crippen molar-refractivity contribution >= 4 is 95.5 Å². The van der Waals surface area contributed by atoms with Gasteiger partial charge in [0.2, 0.25) is 0 Å². The highest BCUT2D eigenvalue weighted by atomic mass is 32.1. The molecule has 0 saturated carbocycles. The van der Waals surface area contributed by atoms with Crippen LogP contribution in [0, 0.1) is 0 Å². The molecule has 3 aromatic heterocycles. The van der Waals surface area contributed by atoms with Crippen molar-refractivity contribution in [3.05, 3.63) is 158 Å². The minimum Gasteiger partial charge on any atom is -0.235 e. The first kappa shape index (κ1) is 28.0. The number of hydrogen-bond donors (Lipinski definition) is 0. The summed E-state index contributed by atoms with van der Waals surface area (Å²) in [5, 5.41) is 11.5. The van der Waals surface area contributed by atoms with E-state index in [1.54, 1.807) is 17.7 Å². The van der Waals surface area contributed by atoms with E-state index in [-0.39, 0.29) is 0 Å². The predicted molar refractivity (Wildman–Crippen MR) is 217 cm³/mol. The van der Waals surface area contributed by atoms with Gasteiger partial charge in [-0.15, -0.1) is 22.7 Å². The highest BCUT2D eigenvalue weighted by Gasteiger charge is 2.17. The van der Waals surface area contributed by atoms with Gasteiger partial charge in [-0.1, -0.05) is 121 Å². The first-order chi connectivity index (χ1) is 24.8. The Balaban J connectivity index is 1.05. The van der Waals surface area contributed by atoms with Crippen molar-refractivity contribution < 1.29 is 0 Å². The average molecular weight is 671 g/mol. The van der Waals surface area contributed by atoms with Crippen LogP contribution in [0.5, 0.6) is 0 Å². The van der Waals surface area contributed by atoms with E-state index in [1.807, 2.05) is 11.3 Å². The van der Waals surface area contributed by atoms with Gasteiger partial charge in [0.1, 0.15) is 6.33 Å². The number of hydrogen-bond acceptors (Lipinski definition) is 4. The molecule has 0 aliphatic rings. The van der Waals surface area contributed by atoms with E-state index in [0.717, 1.165) is 21.5 Å². The molecule has 11 rings (SSSR count). The summed E-state index contributed by atoms with van der Waals surface area (Å²) in [7, 11) is 0. The SMILES string of the molecule is c1cc(-c2cccc3c2sc2ccccc23)cc(-c2ncnc3c2sc2ccc(-c4ccc5c6ccccc6c6ccccc6c5c4)cc23)c1. The molecule has 0 N–H and O–H groups in total. The van der Waals surface area contributed by atoms with Crippen molar-refractivity contribution in [2.75, 3.05) is 0 Å². The maximum absolute atomic E-state index is 4.87. The molecule has 0 fully saturated rings. The van der Waals surface area contributed by atoms with Gasteiger partial charge in [-0.3, -0.25) is 0 Å². The van der Waals surface area contributed by atoms with Gasteiger partial charge in [0.15, 0.2) is 0 Å². The zero-order valence-electron chi connectivity index (χ0n) is 26.7. The lowest BCUT2D eigenvalue weighted by molar-refractivity contribution is 1.24. The number of benzene rings is 8. The maximum Gasteiger partial charge on any atom is 0.116 e. The lowest BCUT2D eigenvalue weighted by Gasteiger charge is -2.12. The smallest absolute Gasteiger partial charge is 0.116 e. The van der Waals surface area contributed by atoms with E-state index in [4.69, 9.17) is 9.97 Å². The third-order valence-corrected chi connectivity index (χ3v) is 12.6. The van der Waals surface area contributed by atoms with Crippen molar-refractivity contribution in [1.82, 2.24) is 9.97 Å². The van der Waals surface area contributed by atoms with Crippen molar-refractivity contribution in [1.29, 1.82) is 0 Å². The highest BCUT2D eigenvalue weighted by Crippen LogP contribution is 2.43. The molecule has 2 nitrogen and oxygen atoms in total. The molecular formula is C46H26N2S2. The molecule has 232 valence electrons. The molecule has 3 heterocycles. The Kier molecular flexibility index (Phi) is 6.03. The van der Waals surface area contributed by atoms with Crippen molar-refractivity contribution in [3.63, 3.8) is 0 Å². The largest absolute Gasteiger partial charge is 0.235 e. The number of nitrogens with zero attached hydrogens (tertiary/aromatic N) is 2. The summed E-state index contributed by atoms with van der Waals surface area (Å²) in [6, 6.07) is 55.4. The number of rotatable bonds is 3. The number of aromatic nitrogens is 2. The Hall–Kier alpha value is -5.94. The van der Waals surface area contributed by atoms with Crippen molar-refractivity contribution in [2.45, 2.75) is 0 Å². The summed E-state index contributed by atoms with van der Waals surface area (Å²) in [5.74, 6) is 0. The van der Waals surface area contributed by atoms with Gasteiger partial charge in [0.25, 0.3) is 0 Å². The van der Waals surface area contributed by atoms with E-state index in [9.17, 15) is 0 Å². The van der Waals surface area contributed by atoms with E-state index in [2.05, 4.69) is 152 Å². The first-order valence-electron chi connectivity index (χ1n) is 16.8. The third kappa shape index (κ3) is 4.13. The molecule has 8 aromatic carbocycles. The molecule has 50 heavy (non-hydrogen) atoms. The van der Waals surface area contributed by atoms with Crippen LogP contribution >= 0.6 is 22.7 Å². The number of thiophene rings is 2. The molecule has 0 aliphatic heterocycles. The Morgan fingerprint density at radius 3 is 1.72 bits per heavy atom. The minimum atomic E-state index is 0.979. The Morgan fingerprint density at radius 2 is 0.920 bits per heavy atom. The van der Waals surface area contributed by atoms with Crippen LogP contribution in [0.1, 0.15) is 0 Å². The molecule has 4 heteroatoms. The monoisotopic (exact) mass is 670 g/mol. The highest BCUT2D eigenvalue weighted by molar-refractivity contribution is 7.26. The van der Waals surface area contributed by atoms with Gasteiger partial charge in [0, 0.05) is 35.8 Å². The van der Waals surface area contributed by atoms with E-state index < -0.39 is 0 Å². The summed E-state index contributed by atoms with van der Waals surface area (Å²) in [6.45, 7) is 0. The standard InChI is InChI=1S/C46H26N2S2/c1-2-13-34-32(11-1)33-12-3-4-14-35(33)39-24-27(19-21-36(34)39)28-20-22-42-40(25-28)44-46(50-42)43(47-26-48-44)30-10-7-9-29(23-30)31-16-8-17-38-37-15-5-6-18-41(37)49-45(31)38/h1-26H. The summed E-state index contributed by atoms with van der Waals surface area (Å²) >= 11 is 3.64. The van der Waals surface area contributed by atoms with Crippen LogP contribution < -0.4 is 0 Å². The van der Waals surface area contributed by atoms with Crippen molar-refractivity contribution in [2.24, 2.45) is 0 Å². The molecule has 0 radical (unpaired) electrons. The van der Waals surface area contributed by atoms with E-state index >= 15 is 0 Å². The lowest BCUT2D eigenvalue weighted by Crippen LogP contribution is -1.87. The van der Waals surface area contributed by atoms with E-state index in [1.165, 1.54) is 84.8 Å². The van der Waals surface area contributed by atoms with Gasteiger partial charge in [-0.2, -0.15) is 0 Å². The van der Waals surface area contributed by atoms with E-state index in [0.29, 0.717) is 0 Å². The molecule has 0 bridgehead atoms. The molecule has 0 unspecified atom stereocenters. The lowest BCUT2D eigenvalue weighted by atomic mass is 9.92. The Morgan fingerprint density at radius 1 is 0.340 bits per heavy atom. The number of fused-ring (bicyclic) bond motifs is 12. The second-order valence-electron chi connectivity index (χ2n) is 12.9. The topological polar surface area (TPSA) is 25.8 Å². The Bertz CT molecular complexity index is 3130. The van der Waals surface area contributed by atoms with Crippen LogP contribution in [0.4, 0.5) is 0 Å². The average Bonchev–Trinajstić information content (AvgIpc) is 3.76. The van der Waals surface area contributed by atoms with Crippen molar-refractivity contribution in [3.8, 4) is 33.5 Å². The maximum atomic E-state index is 4.87. The molecule has 0 saturated heterocycles. The Labute approximate surface area is 295 Å². The fourth-order valence-electron chi connectivity index (χ4n) is 7.86. The summed E-state index contributed by atoms with van der Waals surface area (Å²) < 4.78 is 4.98. The van der Waals surface area contributed by atoms with Gasteiger partial charge in [0.05, 0.1) is 15.9 Å². The van der Waals surface area contributed by atoms with Gasteiger partial charge in [-0.25, -0.2) is 9.97 Å². The predicted octanol–water partition coefficient (Wildman–Crippen LogP) is 13.7. The third-order valence-electron chi connectivity index (χ3n) is 10.2. The summed E-state index contributed by atoms with van der Waals surface area (Å²) in [5.41, 5.74) is 7.94. The minimum absolute atomic E-state index is 0.979. The first-order valence-corrected chi connectivity index (χ1v) is 18.4. The van der Waals surface area contributed by atoms with Gasteiger partial charge >= 0.3 is 0 Å². The van der Waals surface area contributed by atoms with Crippen LogP contribution in [0.25, 0.3) is 106 Å².